The molecule has 0 saturated carbocycles. The van der Waals surface area contributed by atoms with Gasteiger partial charge in [0.2, 0.25) is 0 Å². The number of benzene rings is 2. The van der Waals surface area contributed by atoms with E-state index in [9.17, 15) is 18.0 Å². The van der Waals surface area contributed by atoms with Crippen LogP contribution in [0.25, 0.3) is 0 Å². The Bertz CT molecular complexity index is 768. The standard InChI is InChI=1S/C21H24F3NO2/c1-15-6-3-4-7-18(15)19(26)14-20(2,25)16-8-10-17(11-9-16)27-13-5-12-21(22,23)24/h3-4,6-11H,5,12-14,25H2,1-2H3. The number of aryl methyl sites for hydroxylation is 1. The van der Waals surface area contributed by atoms with Gasteiger partial charge in [0.15, 0.2) is 5.78 Å². The average Bonchev–Trinajstić information content (AvgIpc) is 2.58. The van der Waals surface area contributed by atoms with Crippen LogP contribution in [-0.2, 0) is 5.54 Å². The fourth-order valence-corrected chi connectivity index (χ4v) is 2.81. The van der Waals surface area contributed by atoms with Gasteiger partial charge >= 0.3 is 6.18 Å². The normalized spacial score (nSPS) is 13.9. The Balaban J connectivity index is 1.96. The van der Waals surface area contributed by atoms with Gasteiger partial charge in [0.1, 0.15) is 5.75 Å². The molecule has 0 radical (unpaired) electrons. The summed E-state index contributed by atoms with van der Waals surface area (Å²) in [5, 5.41) is 0. The summed E-state index contributed by atoms with van der Waals surface area (Å²) < 4.78 is 41.7. The maximum Gasteiger partial charge on any atom is 0.389 e. The van der Waals surface area contributed by atoms with Crippen molar-refractivity contribution in [2.75, 3.05) is 6.61 Å². The molecule has 0 amide bonds. The molecule has 3 nitrogen and oxygen atoms in total. The zero-order valence-electron chi connectivity index (χ0n) is 15.5. The Morgan fingerprint density at radius 3 is 2.30 bits per heavy atom. The molecule has 6 heteroatoms. The monoisotopic (exact) mass is 379 g/mol. The largest absolute Gasteiger partial charge is 0.494 e. The van der Waals surface area contributed by atoms with Gasteiger partial charge in [-0.05, 0) is 43.5 Å². The van der Waals surface area contributed by atoms with E-state index in [1.165, 1.54) is 0 Å². The molecular formula is C21H24F3NO2. The molecule has 27 heavy (non-hydrogen) atoms. The number of carbonyl (C=O) groups is 1. The van der Waals surface area contributed by atoms with Crippen LogP contribution in [0.3, 0.4) is 0 Å². The lowest BCUT2D eigenvalue weighted by Gasteiger charge is -2.25. The van der Waals surface area contributed by atoms with Crippen LogP contribution >= 0.6 is 0 Å². The van der Waals surface area contributed by atoms with E-state index in [2.05, 4.69) is 0 Å². The van der Waals surface area contributed by atoms with Crippen molar-refractivity contribution in [2.24, 2.45) is 5.73 Å². The number of ketones is 1. The van der Waals surface area contributed by atoms with Gasteiger partial charge in [0, 0.05) is 23.9 Å². The molecule has 0 fully saturated rings. The number of alkyl halides is 3. The maximum atomic E-state index is 12.6. The number of carbonyl (C=O) groups excluding carboxylic acids is 1. The van der Waals surface area contributed by atoms with Gasteiger partial charge in [0.05, 0.1) is 6.61 Å². The highest BCUT2D eigenvalue weighted by Gasteiger charge is 2.27. The topological polar surface area (TPSA) is 52.3 Å². The van der Waals surface area contributed by atoms with E-state index < -0.39 is 18.1 Å². The van der Waals surface area contributed by atoms with Crippen LogP contribution < -0.4 is 10.5 Å². The van der Waals surface area contributed by atoms with Gasteiger partial charge in [-0.2, -0.15) is 13.2 Å². The van der Waals surface area contributed by atoms with Crippen molar-refractivity contribution in [3.05, 3.63) is 65.2 Å². The van der Waals surface area contributed by atoms with Crippen LogP contribution in [0.5, 0.6) is 5.75 Å². The van der Waals surface area contributed by atoms with Gasteiger partial charge in [-0.25, -0.2) is 0 Å². The molecule has 0 aromatic heterocycles. The van der Waals surface area contributed by atoms with Gasteiger partial charge in [-0.15, -0.1) is 0 Å². The molecule has 0 aliphatic carbocycles. The highest BCUT2D eigenvalue weighted by molar-refractivity contribution is 5.98. The van der Waals surface area contributed by atoms with E-state index >= 15 is 0 Å². The van der Waals surface area contributed by atoms with Gasteiger partial charge < -0.3 is 10.5 Å². The summed E-state index contributed by atoms with van der Waals surface area (Å²) >= 11 is 0. The van der Waals surface area contributed by atoms with E-state index in [1.807, 2.05) is 25.1 Å². The van der Waals surface area contributed by atoms with E-state index in [4.69, 9.17) is 10.5 Å². The van der Waals surface area contributed by atoms with Crippen molar-refractivity contribution in [2.45, 2.75) is 44.8 Å². The minimum atomic E-state index is -4.17. The second-order valence-corrected chi connectivity index (χ2v) is 6.92. The number of rotatable bonds is 8. The average molecular weight is 379 g/mol. The smallest absolute Gasteiger partial charge is 0.389 e. The van der Waals surface area contributed by atoms with Crippen LogP contribution in [0.1, 0.15) is 47.7 Å². The molecule has 0 saturated heterocycles. The number of hydrogen-bond acceptors (Lipinski definition) is 3. The Morgan fingerprint density at radius 2 is 1.70 bits per heavy atom. The summed E-state index contributed by atoms with van der Waals surface area (Å²) in [4.78, 5) is 12.6. The molecule has 1 atom stereocenters. The Labute approximate surface area is 157 Å². The maximum absolute atomic E-state index is 12.6. The first-order valence-corrected chi connectivity index (χ1v) is 8.76. The second kappa shape index (κ2) is 8.57. The van der Waals surface area contributed by atoms with Crippen LogP contribution in [-0.4, -0.2) is 18.6 Å². The Hall–Kier alpha value is -2.34. The molecular weight excluding hydrogens is 355 g/mol. The van der Waals surface area contributed by atoms with Crippen molar-refractivity contribution >= 4 is 5.78 Å². The lowest BCUT2D eigenvalue weighted by Crippen LogP contribution is -2.35. The van der Waals surface area contributed by atoms with Crippen molar-refractivity contribution in [1.29, 1.82) is 0 Å². The zero-order valence-corrected chi connectivity index (χ0v) is 15.5. The summed E-state index contributed by atoms with van der Waals surface area (Å²) in [6.07, 6.45) is -4.99. The van der Waals surface area contributed by atoms with Crippen molar-refractivity contribution in [3.8, 4) is 5.75 Å². The minimum Gasteiger partial charge on any atom is -0.494 e. The lowest BCUT2D eigenvalue weighted by molar-refractivity contribution is -0.136. The van der Waals surface area contributed by atoms with Crippen LogP contribution in [0.15, 0.2) is 48.5 Å². The fourth-order valence-electron chi connectivity index (χ4n) is 2.81. The summed E-state index contributed by atoms with van der Waals surface area (Å²) in [6.45, 7) is 3.65. The summed E-state index contributed by atoms with van der Waals surface area (Å²) in [5.74, 6) is 0.438. The minimum absolute atomic E-state index is 0.00941. The highest BCUT2D eigenvalue weighted by atomic mass is 19.4. The van der Waals surface area contributed by atoms with Crippen LogP contribution in [0, 0.1) is 6.92 Å². The van der Waals surface area contributed by atoms with E-state index in [1.54, 1.807) is 37.3 Å². The summed E-state index contributed by atoms with van der Waals surface area (Å²) in [6, 6.07) is 14.2. The molecule has 0 heterocycles. The molecule has 2 aromatic rings. The highest BCUT2D eigenvalue weighted by Crippen LogP contribution is 2.27. The van der Waals surface area contributed by atoms with E-state index in [0.717, 1.165) is 11.1 Å². The Kier molecular flexibility index (Phi) is 6.65. The quantitative estimate of drug-likeness (QED) is 0.509. The summed E-state index contributed by atoms with van der Waals surface area (Å²) in [7, 11) is 0. The third-order valence-electron chi connectivity index (χ3n) is 4.36. The van der Waals surface area contributed by atoms with Crippen molar-refractivity contribution in [1.82, 2.24) is 0 Å². The number of ether oxygens (including phenoxy) is 1. The fraction of sp³-hybridized carbons (Fsp3) is 0.381. The molecule has 146 valence electrons. The molecule has 2 rings (SSSR count). The first-order chi connectivity index (χ1) is 12.6. The van der Waals surface area contributed by atoms with Gasteiger partial charge in [0.25, 0.3) is 0 Å². The first-order valence-electron chi connectivity index (χ1n) is 8.76. The first kappa shape index (κ1) is 21.0. The molecule has 0 bridgehead atoms. The predicted molar refractivity (Wildman–Crippen MR) is 98.9 cm³/mol. The molecule has 2 aromatic carbocycles. The Morgan fingerprint density at radius 1 is 1.07 bits per heavy atom. The third-order valence-corrected chi connectivity index (χ3v) is 4.36. The van der Waals surface area contributed by atoms with E-state index in [0.29, 0.717) is 11.3 Å². The summed E-state index contributed by atoms with van der Waals surface area (Å²) in [5.41, 5.74) is 7.80. The lowest BCUT2D eigenvalue weighted by atomic mass is 9.85. The van der Waals surface area contributed by atoms with Crippen LogP contribution in [0.4, 0.5) is 13.2 Å². The number of hydrogen-bond donors (Lipinski definition) is 1. The third kappa shape index (κ3) is 6.40. The van der Waals surface area contributed by atoms with Gasteiger partial charge in [-0.3, -0.25) is 4.79 Å². The number of Topliss-reactive ketones (excluding diaryl/α,β-unsaturated/α-hetero) is 1. The SMILES string of the molecule is Cc1ccccc1C(=O)CC(C)(N)c1ccc(OCCCC(F)(F)F)cc1. The molecule has 1 unspecified atom stereocenters. The predicted octanol–water partition coefficient (Wildman–Crippen LogP) is 5.16. The number of halogens is 3. The van der Waals surface area contributed by atoms with Gasteiger partial charge in [-0.1, -0.05) is 36.4 Å². The molecule has 2 N–H and O–H groups in total. The number of nitrogens with two attached hydrogens (primary N) is 1. The molecule has 0 spiro atoms. The van der Waals surface area contributed by atoms with Crippen molar-refractivity contribution in [3.63, 3.8) is 0 Å². The van der Waals surface area contributed by atoms with Crippen molar-refractivity contribution < 1.29 is 22.7 Å². The molecule has 0 aliphatic rings. The second-order valence-electron chi connectivity index (χ2n) is 6.92. The molecule has 0 aliphatic heterocycles. The van der Waals surface area contributed by atoms with Crippen LogP contribution in [0.2, 0.25) is 0 Å². The zero-order chi connectivity index (χ0) is 20.1. The van der Waals surface area contributed by atoms with E-state index in [-0.39, 0.29) is 25.2 Å².